The molecule has 1 saturated carbocycles. The van der Waals surface area contributed by atoms with Gasteiger partial charge in [-0.25, -0.2) is 4.98 Å². The van der Waals surface area contributed by atoms with Crippen molar-refractivity contribution in [2.24, 2.45) is 11.8 Å². The molecular formula is C9H11N3O. The quantitative estimate of drug-likeness (QED) is 0.735. The molecule has 0 spiro atoms. The Labute approximate surface area is 76.4 Å². The van der Waals surface area contributed by atoms with Crippen molar-refractivity contribution in [2.45, 2.75) is 13.3 Å². The van der Waals surface area contributed by atoms with Crippen LogP contribution in [0.1, 0.15) is 13.3 Å². The van der Waals surface area contributed by atoms with Crippen molar-refractivity contribution in [3.05, 3.63) is 18.6 Å². The number of anilines is 1. The minimum atomic E-state index is 0.0630. The highest BCUT2D eigenvalue weighted by Gasteiger charge is 2.39. The number of nitrogens with one attached hydrogen (secondary N) is 1. The molecule has 1 heterocycles. The second kappa shape index (κ2) is 3.12. The Balaban J connectivity index is 1.95. The molecule has 1 N–H and O–H groups in total. The van der Waals surface area contributed by atoms with Crippen molar-refractivity contribution >= 4 is 11.7 Å². The van der Waals surface area contributed by atoms with Gasteiger partial charge in [-0.2, -0.15) is 0 Å². The molecule has 1 aromatic heterocycles. The van der Waals surface area contributed by atoms with Crippen molar-refractivity contribution in [3.8, 4) is 0 Å². The van der Waals surface area contributed by atoms with Gasteiger partial charge in [0.1, 0.15) is 0 Å². The van der Waals surface area contributed by atoms with Crippen LogP contribution in [0.3, 0.4) is 0 Å². The van der Waals surface area contributed by atoms with Crippen molar-refractivity contribution in [1.82, 2.24) is 9.97 Å². The van der Waals surface area contributed by atoms with Crippen LogP contribution in [0.2, 0.25) is 0 Å². The summed E-state index contributed by atoms with van der Waals surface area (Å²) in [5.74, 6) is 1.30. The molecule has 1 aliphatic rings. The first kappa shape index (κ1) is 8.16. The molecule has 0 radical (unpaired) electrons. The van der Waals surface area contributed by atoms with Crippen LogP contribution in [0.5, 0.6) is 0 Å². The molecular weight excluding hydrogens is 166 g/mol. The van der Waals surface area contributed by atoms with Gasteiger partial charge in [0.25, 0.3) is 0 Å². The maximum atomic E-state index is 11.4. The maximum absolute atomic E-state index is 11.4. The van der Waals surface area contributed by atoms with E-state index in [4.69, 9.17) is 0 Å². The molecule has 0 bridgehead atoms. The summed E-state index contributed by atoms with van der Waals surface area (Å²) in [6, 6.07) is 0. The third kappa shape index (κ3) is 1.83. The number of amides is 1. The lowest BCUT2D eigenvalue weighted by molar-refractivity contribution is -0.117. The lowest BCUT2D eigenvalue weighted by Gasteiger charge is -2.01. The monoisotopic (exact) mass is 177 g/mol. The molecule has 2 rings (SSSR count). The normalized spacial score (nSPS) is 25.3. The first-order valence-electron chi connectivity index (χ1n) is 4.34. The summed E-state index contributed by atoms with van der Waals surface area (Å²) in [5, 5.41) is 2.72. The number of aromatic nitrogens is 2. The average Bonchev–Trinajstić information content (AvgIpc) is 2.84. The lowest BCUT2D eigenvalue weighted by Crippen LogP contribution is -2.15. The predicted octanol–water partition coefficient (Wildman–Crippen LogP) is 1.07. The van der Waals surface area contributed by atoms with Crippen LogP contribution in [0.25, 0.3) is 0 Å². The second-order valence-corrected chi connectivity index (χ2v) is 3.40. The van der Waals surface area contributed by atoms with Crippen molar-refractivity contribution in [2.75, 3.05) is 5.32 Å². The van der Waals surface area contributed by atoms with E-state index in [1.54, 1.807) is 18.6 Å². The minimum absolute atomic E-state index is 0.0630. The molecule has 0 aliphatic heterocycles. The molecule has 68 valence electrons. The molecule has 1 amide bonds. The molecule has 1 aromatic rings. The van der Waals surface area contributed by atoms with E-state index in [0.29, 0.717) is 11.7 Å². The van der Waals surface area contributed by atoms with E-state index in [-0.39, 0.29) is 11.8 Å². The van der Waals surface area contributed by atoms with E-state index in [9.17, 15) is 4.79 Å². The molecule has 4 heteroatoms. The Morgan fingerprint density at radius 2 is 2.38 bits per heavy atom. The number of rotatable bonds is 2. The van der Waals surface area contributed by atoms with Gasteiger partial charge in [0.2, 0.25) is 5.91 Å². The maximum Gasteiger partial charge on any atom is 0.228 e. The van der Waals surface area contributed by atoms with E-state index in [0.717, 1.165) is 6.42 Å². The van der Waals surface area contributed by atoms with E-state index in [1.165, 1.54) is 0 Å². The van der Waals surface area contributed by atoms with Crippen LogP contribution in [0, 0.1) is 11.8 Å². The summed E-state index contributed by atoms with van der Waals surface area (Å²) in [6.07, 6.45) is 5.68. The smallest absolute Gasteiger partial charge is 0.228 e. The van der Waals surface area contributed by atoms with Crippen molar-refractivity contribution < 1.29 is 4.79 Å². The molecule has 2 atom stereocenters. The van der Waals surface area contributed by atoms with Gasteiger partial charge in [0.15, 0.2) is 5.82 Å². The Morgan fingerprint density at radius 1 is 1.62 bits per heavy atom. The Kier molecular flexibility index (Phi) is 1.96. The van der Waals surface area contributed by atoms with Crippen LogP contribution in [-0.2, 0) is 4.79 Å². The van der Waals surface area contributed by atoms with E-state index in [2.05, 4.69) is 22.2 Å². The fraction of sp³-hybridized carbons (Fsp3) is 0.444. The Hall–Kier alpha value is -1.45. The third-order valence-corrected chi connectivity index (χ3v) is 2.26. The molecule has 13 heavy (non-hydrogen) atoms. The minimum Gasteiger partial charge on any atom is -0.309 e. The first-order valence-corrected chi connectivity index (χ1v) is 4.34. The molecule has 0 aromatic carbocycles. The molecule has 4 nitrogen and oxygen atoms in total. The van der Waals surface area contributed by atoms with Gasteiger partial charge in [-0.1, -0.05) is 6.92 Å². The van der Waals surface area contributed by atoms with Gasteiger partial charge in [-0.3, -0.25) is 9.78 Å². The van der Waals surface area contributed by atoms with E-state index in [1.807, 2.05) is 0 Å². The predicted molar refractivity (Wildman–Crippen MR) is 47.9 cm³/mol. The summed E-state index contributed by atoms with van der Waals surface area (Å²) in [4.78, 5) is 19.2. The highest BCUT2D eigenvalue weighted by Crippen LogP contribution is 2.38. The highest BCUT2D eigenvalue weighted by molar-refractivity contribution is 5.93. The zero-order chi connectivity index (χ0) is 9.26. The lowest BCUT2D eigenvalue weighted by atomic mass is 10.3. The van der Waals surface area contributed by atoms with Gasteiger partial charge in [0, 0.05) is 18.3 Å². The summed E-state index contributed by atoms with van der Waals surface area (Å²) < 4.78 is 0. The number of nitrogens with zero attached hydrogens (tertiary/aromatic N) is 2. The molecule has 1 aliphatic carbocycles. The van der Waals surface area contributed by atoms with Gasteiger partial charge >= 0.3 is 0 Å². The average molecular weight is 177 g/mol. The van der Waals surface area contributed by atoms with Crippen LogP contribution in [0.4, 0.5) is 5.82 Å². The number of hydrogen-bond donors (Lipinski definition) is 1. The summed E-state index contributed by atoms with van der Waals surface area (Å²) in [7, 11) is 0. The summed E-state index contributed by atoms with van der Waals surface area (Å²) >= 11 is 0. The Morgan fingerprint density at radius 3 is 2.92 bits per heavy atom. The fourth-order valence-electron chi connectivity index (χ4n) is 1.27. The van der Waals surface area contributed by atoms with Gasteiger partial charge in [0.05, 0.1) is 6.20 Å². The first-order chi connectivity index (χ1) is 6.27. The van der Waals surface area contributed by atoms with Crippen molar-refractivity contribution in [1.29, 1.82) is 0 Å². The number of carbonyl (C=O) groups is 1. The van der Waals surface area contributed by atoms with Crippen LogP contribution >= 0.6 is 0 Å². The second-order valence-electron chi connectivity index (χ2n) is 3.40. The fourth-order valence-corrected chi connectivity index (χ4v) is 1.27. The summed E-state index contributed by atoms with van der Waals surface area (Å²) in [5.41, 5.74) is 0. The largest absolute Gasteiger partial charge is 0.309 e. The van der Waals surface area contributed by atoms with Crippen LogP contribution < -0.4 is 5.32 Å². The van der Waals surface area contributed by atoms with E-state index < -0.39 is 0 Å². The highest BCUT2D eigenvalue weighted by atomic mass is 16.2. The topological polar surface area (TPSA) is 54.9 Å². The van der Waals surface area contributed by atoms with Gasteiger partial charge in [-0.15, -0.1) is 0 Å². The van der Waals surface area contributed by atoms with Gasteiger partial charge in [-0.05, 0) is 12.3 Å². The number of carbonyl (C=O) groups excluding carboxylic acids is 1. The van der Waals surface area contributed by atoms with Crippen LogP contribution in [0.15, 0.2) is 18.6 Å². The molecule has 1 fully saturated rings. The molecule has 0 saturated heterocycles. The van der Waals surface area contributed by atoms with Crippen LogP contribution in [-0.4, -0.2) is 15.9 Å². The standard InChI is InChI=1S/C9H11N3O/c1-6-4-7(6)9(13)12-8-5-10-2-3-11-8/h2-3,5-7H,4H2,1H3,(H,11,12,13)/t6-,7-/m0/s1. The molecule has 0 unspecified atom stereocenters. The third-order valence-electron chi connectivity index (χ3n) is 2.26. The zero-order valence-electron chi connectivity index (χ0n) is 7.40. The number of hydrogen-bond acceptors (Lipinski definition) is 3. The zero-order valence-corrected chi connectivity index (χ0v) is 7.40. The SMILES string of the molecule is C[C@H]1C[C@@H]1C(=O)Nc1cnccn1. The summed E-state index contributed by atoms with van der Waals surface area (Å²) in [6.45, 7) is 2.07. The van der Waals surface area contributed by atoms with Gasteiger partial charge < -0.3 is 5.32 Å². The van der Waals surface area contributed by atoms with E-state index >= 15 is 0 Å². The van der Waals surface area contributed by atoms with Crippen molar-refractivity contribution in [3.63, 3.8) is 0 Å². The Bertz CT molecular complexity index is 312.